The Morgan fingerprint density at radius 1 is 1.50 bits per heavy atom. The van der Waals surface area contributed by atoms with Crippen molar-refractivity contribution in [2.24, 2.45) is 0 Å². The highest BCUT2D eigenvalue weighted by Crippen LogP contribution is 2.30. The van der Waals surface area contributed by atoms with Crippen molar-refractivity contribution in [1.82, 2.24) is 0 Å². The van der Waals surface area contributed by atoms with Crippen LogP contribution >= 0.6 is 0 Å². The summed E-state index contributed by atoms with van der Waals surface area (Å²) in [5.41, 5.74) is 0.960. The van der Waals surface area contributed by atoms with Crippen molar-refractivity contribution in [1.29, 1.82) is 5.26 Å². The minimum atomic E-state index is -0.433. The molecule has 1 aromatic carbocycles. The van der Waals surface area contributed by atoms with Gasteiger partial charge in [0.2, 0.25) is 0 Å². The van der Waals surface area contributed by atoms with Crippen LogP contribution in [0.2, 0.25) is 0 Å². The summed E-state index contributed by atoms with van der Waals surface area (Å²) in [6.45, 7) is 0. The third kappa shape index (κ3) is 1.56. The van der Waals surface area contributed by atoms with Gasteiger partial charge in [0.25, 0.3) is 0 Å². The Balaban J connectivity index is 2.28. The number of anilines is 1. The number of halogens is 1. The van der Waals surface area contributed by atoms with E-state index in [1.54, 1.807) is 6.07 Å². The molecular weight excluding hydrogens is 179 g/mol. The molecule has 0 aliphatic heterocycles. The van der Waals surface area contributed by atoms with Gasteiger partial charge >= 0.3 is 0 Å². The maximum absolute atomic E-state index is 13.2. The summed E-state index contributed by atoms with van der Waals surface area (Å²) in [6.07, 6.45) is 2.36. The van der Waals surface area contributed by atoms with Crippen LogP contribution in [0.3, 0.4) is 0 Å². The minimum Gasteiger partial charge on any atom is -0.372 e. The van der Waals surface area contributed by atoms with Crippen LogP contribution in [0.1, 0.15) is 18.4 Å². The van der Waals surface area contributed by atoms with Gasteiger partial charge in [-0.1, -0.05) is 0 Å². The van der Waals surface area contributed by atoms with Crippen LogP contribution < -0.4 is 4.90 Å². The molecule has 0 heterocycles. The molecule has 1 aliphatic rings. The van der Waals surface area contributed by atoms with Gasteiger partial charge in [-0.2, -0.15) is 5.26 Å². The molecule has 1 saturated carbocycles. The molecule has 72 valence electrons. The normalized spacial score (nSPS) is 14.9. The predicted molar refractivity (Wildman–Crippen MR) is 52.5 cm³/mol. The lowest BCUT2D eigenvalue weighted by atomic mass is 10.2. The van der Waals surface area contributed by atoms with E-state index >= 15 is 0 Å². The third-order valence-corrected chi connectivity index (χ3v) is 2.57. The molecule has 14 heavy (non-hydrogen) atoms. The molecule has 3 heteroatoms. The lowest BCUT2D eigenvalue weighted by Gasteiger charge is -2.18. The molecule has 1 aromatic rings. The van der Waals surface area contributed by atoms with E-state index in [1.807, 2.05) is 13.1 Å². The Kier molecular flexibility index (Phi) is 2.12. The Hall–Kier alpha value is -1.56. The maximum Gasteiger partial charge on any atom is 0.143 e. The Bertz CT molecular complexity index is 391. The van der Waals surface area contributed by atoms with E-state index in [2.05, 4.69) is 4.90 Å². The summed E-state index contributed by atoms with van der Waals surface area (Å²) < 4.78 is 13.2. The standard InChI is InChI=1S/C11H11FN2/c1-14(9-4-5-9)10-3-2-8(7-13)11(12)6-10/h2-3,6,9H,4-5H2,1H3. The monoisotopic (exact) mass is 190 g/mol. The van der Waals surface area contributed by atoms with E-state index in [1.165, 1.54) is 25.0 Å². The number of rotatable bonds is 2. The van der Waals surface area contributed by atoms with Gasteiger partial charge in [-0.25, -0.2) is 4.39 Å². The molecule has 2 rings (SSSR count). The second-order valence-corrected chi connectivity index (χ2v) is 3.62. The average molecular weight is 190 g/mol. The largest absolute Gasteiger partial charge is 0.372 e. The van der Waals surface area contributed by atoms with Crippen LogP contribution in [0.25, 0.3) is 0 Å². The first-order valence-corrected chi connectivity index (χ1v) is 4.65. The highest BCUT2D eigenvalue weighted by atomic mass is 19.1. The van der Waals surface area contributed by atoms with Crippen LogP contribution in [-0.2, 0) is 0 Å². The van der Waals surface area contributed by atoms with Crippen LogP contribution in [0, 0.1) is 17.1 Å². The van der Waals surface area contributed by atoms with Gasteiger partial charge in [0.05, 0.1) is 5.56 Å². The molecule has 1 fully saturated rings. The van der Waals surface area contributed by atoms with Crippen molar-refractivity contribution in [2.45, 2.75) is 18.9 Å². The van der Waals surface area contributed by atoms with E-state index in [0.717, 1.165) is 5.69 Å². The number of hydrogen-bond donors (Lipinski definition) is 0. The van der Waals surface area contributed by atoms with Gasteiger partial charge in [-0.15, -0.1) is 0 Å². The van der Waals surface area contributed by atoms with Gasteiger partial charge < -0.3 is 4.90 Å². The maximum atomic E-state index is 13.2. The summed E-state index contributed by atoms with van der Waals surface area (Å²) in [5, 5.41) is 8.57. The van der Waals surface area contributed by atoms with Crippen LogP contribution in [-0.4, -0.2) is 13.1 Å². The van der Waals surface area contributed by atoms with Crippen LogP contribution in [0.5, 0.6) is 0 Å². The first-order chi connectivity index (χ1) is 6.72. The van der Waals surface area contributed by atoms with Crippen LogP contribution in [0.15, 0.2) is 18.2 Å². The minimum absolute atomic E-state index is 0.109. The van der Waals surface area contributed by atoms with Crippen molar-refractivity contribution >= 4 is 5.69 Å². The number of hydrogen-bond acceptors (Lipinski definition) is 2. The van der Waals surface area contributed by atoms with E-state index in [-0.39, 0.29) is 5.56 Å². The van der Waals surface area contributed by atoms with Crippen molar-refractivity contribution in [3.8, 4) is 6.07 Å². The molecule has 0 aromatic heterocycles. The number of nitrogens with zero attached hydrogens (tertiary/aromatic N) is 2. The molecule has 2 nitrogen and oxygen atoms in total. The van der Waals surface area contributed by atoms with Gasteiger partial charge in [0.1, 0.15) is 11.9 Å². The smallest absolute Gasteiger partial charge is 0.143 e. The topological polar surface area (TPSA) is 27.0 Å². The van der Waals surface area contributed by atoms with Crippen LogP contribution in [0.4, 0.5) is 10.1 Å². The van der Waals surface area contributed by atoms with E-state index in [4.69, 9.17) is 5.26 Å². The summed E-state index contributed by atoms with van der Waals surface area (Å²) >= 11 is 0. The Morgan fingerprint density at radius 3 is 2.71 bits per heavy atom. The lowest BCUT2D eigenvalue weighted by molar-refractivity contribution is 0.623. The fraction of sp³-hybridized carbons (Fsp3) is 0.364. The van der Waals surface area contributed by atoms with E-state index in [9.17, 15) is 4.39 Å². The Morgan fingerprint density at radius 2 is 2.21 bits per heavy atom. The van der Waals surface area contributed by atoms with Gasteiger partial charge in [-0.3, -0.25) is 0 Å². The molecule has 0 N–H and O–H groups in total. The zero-order chi connectivity index (χ0) is 10.1. The Labute approximate surface area is 82.6 Å². The summed E-state index contributed by atoms with van der Waals surface area (Å²) in [4.78, 5) is 2.06. The van der Waals surface area contributed by atoms with Gasteiger partial charge in [0.15, 0.2) is 0 Å². The SMILES string of the molecule is CN(c1ccc(C#N)c(F)c1)C1CC1. The quantitative estimate of drug-likeness (QED) is 0.715. The highest BCUT2D eigenvalue weighted by Gasteiger charge is 2.26. The lowest BCUT2D eigenvalue weighted by Crippen LogP contribution is -2.19. The second kappa shape index (κ2) is 3.30. The second-order valence-electron chi connectivity index (χ2n) is 3.62. The van der Waals surface area contributed by atoms with Crippen molar-refractivity contribution in [2.75, 3.05) is 11.9 Å². The molecule has 0 amide bonds. The molecule has 0 radical (unpaired) electrons. The zero-order valence-electron chi connectivity index (χ0n) is 8.00. The molecule has 0 spiro atoms. The van der Waals surface area contributed by atoms with E-state index in [0.29, 0.717) is 6.04 Å². The molecule has 0 bridgehead atoms. The average Bonchev–Trinajstić information content (AvgIpc) is 3.00. The van der Waals surface area contributed by atoms with E-state index < -0.39 is 5.82 Å². The van der Waals surface area contributed by atoms with Crippen molar-refractivity contribution in [3.63, 3.8) is 0 Å². The molecule has 0 atom stereocenters. The molecule has 0 saturated heterocycles. The first-order valence-electron chi connectivity index (χ1n) is 4.65. The highest BCUT2D eigenvalue weighted by molar-refractivity contribution is 5.51. The third-order valence-electron chi connectivity index (χ3n) is 2.57. The van der Waals surface area contributed by atoms with Crippen molar-refractivity contribution in [3.05, 3.63) is 29.6 Å². The summed E-state index contributed by atoms with van der Waals surface area (Å²) in [6, 6.07) is 7.12. The summed E-state index contributed by atoms with van der Waals surface area (Å²) in [7, 11) is 1.96. The molecule has 1 aliphatic carbocycles. The predicted octanol–water partition coefficient (Wildman–Crippen LogP) is 2.30. The van der Waals surface area contributed by atoms with Gasteiger partial charge in [-0.05, 0) is 31.0 Å². The van der Waals surface area contributed by atoms with Crippen molar-refractivity contribution < 1.29 is 4.39 Å². The van der Waals surface area contributed by atoms with Gasteiger partial charge in [0, 0.05) is 18.8 Å². The first kappa shape index (κ1) is 9.01. The summed E-state index contributed by atoms with van der Waals surface area (Å²) in [5.74, 6) is -0.433. The molecular formula is C11H11FN2. The zero-order valence-corrected chi connectivity index (χ0v) is 8.00. The fourth-order valence-corrected chi connectivity index (χ4v) is 1.49. The molecule has 0 unspecified atom stereocenters. The number of benzene rings is 1. The number of nitriles is 1. The fourth-order valence-electron chi connectivity index (χ4n) is 1.49.